The molecule has 0 aliphatic heterocycles. The third-order valence-corrected chi connectivity index (χ3v) is 3.23. The second-order valence-corrected chi connectivity index (χ2v) is 4.74. The van der Waals surface area contributed by atoms with Crippen molar-refractivity contribution < 1.29 is 17.3 Å². The topological polar surface area (TPSA) is 45.8 Å². The van der Waals surface area contributed by atoms with E-state index in [1.54, 1.807) is 24.3 Å². The van der Waals surface area contributed by atoms with Gasteiger partial charge in [0.15, 0.2) is 0 Å². The Bertz CT molecular complexity index is 921. The van der Waals surface area contributed by atoms with E-state index in [0.29, 0.717) is 17.0 Å². The van der Waals surface area contributed by atoms with Crippen molar-refractivity contribution >= 4 is 23.3 Å². The number of nitrogens with zero attached hydrogens (tertiary/aromatic N) is 1. The summed E-state index contributed by atoms with van der Waals surface area (Å²) in [6.07, 6.45) is 0. The molecule has 0 saturated heterocycles. The van der Waals surface area contributed by atoms with Crippen LogP contribution in [0.1, 0.15) is 0 Å². The number of fused-ring (bicyclic) bond motifs is 1. The van der Waals surface area contributed by atoms with Crippen molar-refractivity contribution in [2.24, 2.45) is 0 Å². The molecule has 2 aromatic carbocycles. The van der Waals surface area contributed by atoms with Gasteiger partial charge < -0.3 is 17.9 Å². The maximum Gasteiger partial charge on any atom is 0.512 e. The molecule has 0 fully saturated rings. The summed E-state index contributed by atoms with van der Waals surface area (Å²) in [6.45, 7) is -5.49. The first-order chi connectivity index (χ1) is 10.4. The van der Waals surface area contributed by atoms with Crippen molar-refractivity contribution in [1.82, 2.24) is 9.97 Å². The van der Waals surface area contributed by atoms with Crippen molar-refractivity contribution in [1.29, 1.82) is 0 Å². The van der Waals surface area contributed by atoms with Gasteiger partial charge >= 0.3 is 6.98 Å². The Morgan fingerprint density at radius 2 is 1.77 bits per heavy atom. The van der Waals surface area contributed by atoms with Crippen LogP contribution in [0, 0.1) is 5.82 Å². The molecule has 0 aliphatic rings. The van der Waals surface area contributed by atoms with Crippen LogP contribution in [0.4, 0.5) is 17.3 Å². The molecule has 0 saturated carbocycles. The van der Waals surface area contributed by atoms with Gasteiger partial charge in [0, 0.05) is 5.56 Å². The lowest BCUT2D eigenvalue weighted by Crippen LogP contribution is -2.36. The highest BCUT2D eigenvalue weighted by molar-refractivity contribution is 6.73. The van der Waals surface area contributed by atoms with Gasteiger partial charge in [0.2, 0.25) is 0 Å². The van der Waals surface area contributed by atoms with Crippen molar-refractivity contribution in [2.45, 2.75) is 0 Å². The summed E-state index contributed by atoms with van der Waals surface area (Å²) in [5.74, 6) is -1.38. The van der Waals surface area contributed by atoms with E-state index < -0.39 is 23.8 Å². The average molecular weight is 307 g/mol. The van der Waals surface area contributed by atoms with E-state index in [4.69, 9.17) is 0 Å². The van der Waals surface area contributed by atoms with Crippen molar-refractivity contribution in [3.05, 3.63) is 58.6 Å². The Morgan fingerprint density at radius 1 is 1.05 bits per heavy atom. The van der Waals surface area contributed by atoms with E-state index in [9.17, 15) is 22.1 Å². The largest absolute Gasteiger partial charge is 0.512 e. The molecule has 0 radical (unpaired) electrons. The molecular weight excluding hydrogens is 299 g/mol. The minimum absolute atomic E-state index is 0.00143. The second kappa shape index (κ2) is 4.97. The standard InChI is InChI=1S/C14H8BF4N2O/c16-11-6-5-8(7-10(11)15(17,18)19)13-20-12-4-2-1-3-9(12)14(22)21-13/h1-7H,(H,20,21,22)/q-1. The lowest BCUT2D eigenvalue weighted by Gasteiger charge is -2.16. The lowest BCUT2D eigenvalue weighted by atomic mass is 9.79. The molecule has 3 rings (SSSR count). The minimum atomic E-state index is -5.49. The van der Waals surface area contributed by atoms with Gasteiger partial charge in [0.05, 0.1) is 16.7 Å². The highest BCUT2D eigenvalue weighted by Crippen LogP contribution is 2.19. The number of H-pyrrole nitrogens is 1. The molecule has 22 heavy (non-hydrogen) atoms. The molecule has 0 bridgehead atoms. The van der Waals surface area contributed by atoms with Crippen LogP contribution >= 0.6 is 0 Å². The maximum atomic E-state index is 13.3. The fourth-order valence-electron chi connectivity index (χ4n) is 2.17. The van der Waals surface area contributed by atoms with E-state index in [-0.39, 0.29) is 11.4 Å². The van der Waals surface area contributed by atoms with Gasteiger partial charge in [0.25, 0.3) is 5.56 Å². The zero-order chi connectivity index (χ0) is 15.9. The van der Waals surface area contributed by atoms with E-state index >= 15 is 0 Å². The zero-order valence-electron chi connectivity index (χ0n) is 11.0. The van der Waals surface area contributed by atoms with Crippen LogP contribution in [0.5, 0.6) is 0 Å². The van der Waals surface area contributed by atoms with Crippen LogP contribution in [0.2, 0.25) is 0 Å². The lowest BCUT2D eigenvalue weighted by molar-refractivity contribution is 0.494. The van der Waals surface area contributed by atoms with Crippen LogP contribution in [0.25, 0.3) is 22.3 Å². The number of nitrogens with one attached hydrogen (secondary N) is 1. The van der Waals surface area contributed by atoms with Crippen LogP contribution in [0.15, 0.2) is 47.3 Å². The average Bonchev–Trinajstić information content (AvgIpc) is 2.46. The number of rotatable bonds is 2. The zero-order valence-corrected chi connectivity index (χ0v) is 11.0. The summed E-state index contributed by atoms with van der Waals surface area (Å²) >= 11 is 0. The molecule has 0 spiro atoms. The predicted octanol–water partition coefficient (Wildman–Crippen LogP) is 2.78. The van der Waals surface area contributed by atoms with Crippen molar-refractivity contribution in [3.63, 3.8) is 0 Å². The Kier molecular flexibility index (Phi) is 3.24. The molecule has 3 nitrogen and oxygen atoms in total. The van der Waals surface area contributed by atoms with Gasteiger partial charge in [-0.05, 0) is 24.3 Å². The van der Waals surface area contributed by atoms with Crippen LogP contribution in [0.3, 0.4) is 0 Å². The molecule has 0 atom stereocenters. The number of benzene rings is 2. The molecule has 112 valence electrons. The van der Waals surface area contributed by atoms with Gasteiger partial charge in [0.1, 0.15) is 5.82 Å². The second-order valence-electron chi connectivity index (χ2n) is 4.74. The molecule has 0 amide bonds. The van der Waals surface area contributed by atoms with Crippen LogP contribution < -0.4 is 11.0 Å². The fraction of sp³-hybridized carbons (Fsp3) is 0. The highest BCUT2D eigenvalue weighted by Gasteiger charge is 2.29. The van der Waals surface area contributed by atoms with Crippen LogP contribution in [-0.4, -0.2) is 16.9 Å². The first-order valence-electron chi connectivity index (χ1n) is 6.35. The number of hydrogen-bond donors (Lipinski definition) is 1. The van der Waals surface area contributed by atoms with Gasteiger partial charge in [-0.25, -0.2) is 9.37 Å². The van der Waals surface area contributed by atoms with E-state index in [1.807, 2.05) is 0 Å². The number of para-hydroxylation sites is 1. The maximum absolute atomic E-state index is 13.3. The summed E-state index contributed by atoms with van der Waals surface area (Å²) in [4.78, 5) is 18.5. The monoisotopic (exact) mass is 307 g/mol. The summed E-state index contributed by atoms with van der Waals surface area (Å²) in [6, 6.07) is 8.96. The van der Waals surface area contributed by atoms with Gasteiger partial charge in [-0.1, -0.05) is 23.7 Å². The number of aromatic amines is 1. The Hall–Kier alpha value is -2.64. The first-order valence-corrected chi connectivity index (χ1v) is 6.35. The number of hydrogen-bond acceptors (Lipinski definition) is 2. The Labute approximate surface area is 121 Å². The van der Waals surface area contributed by atoms with Gasteiger partial charge in [-0.15, -0.1) is 0 Å². The highest BCUT2D eigenvalue weighted by atomic mass is 19.4. The Balaban J connectivity index is 2.22. The molecule has 0 aliphatic carbocycles. The molecular formula is C14H8BF4N2O-. The van der Waals surface area contributed by atoms with Crippen molar-refractivity contribution in [3.8, 4) is 11.4 Å². The SMILES string of the molecule is O=c1[nH]c(-c2ccc(F)c([B-](F)(F)F)c2)nc2ccccc12. The van der Waals surface area contributed by atoms with E-state index in [0.717, 1.165) is 12.1 Å². The smallest absolute Gasteiger partial charge is 0.445 e. The minimum Gasteiger partial charge on any atom is -0.445 e. The molecule has 0 unspecified atom stereocenters. The summed E-state index contributed by atoms with van der Waals surface area (Å²) in [5.41, 5.74) is -1.46. The van der Waals surface area contributed by atoms with Crippen LogP contribution in [-0.2, 0) is 0 Å². The molecule has 3 aromatic rings. The summed E-state index contributed by atoms with van der Waals surface area (Å²) in [5, 5.41) is 0.327. The van der Waals surface area contributed by atoms with Crippen molar-refractivity contribution in [2.75, 3.05) is 0 Å². The summed E-state index contributed by atoms with van der Waals surface area (Å²) in [7, 11) is 0. The third kappa shape index (κ3) is 2.47. The third-order valence-electron chi connectivity index (χ3n) is 3.23. The van der Waals surface area contributed by atoms with E-state index in [2.05, 4.69) is 9.97 Å². The normalized spacial score (nSPS) is 11.8. The quantitative estimate of drug-likeness (QED) is 0.584. The summed E-state index contributed by atoms with van der Waals surface area (Å²) < 4.78 is 51.7. The fourth-order valence-corrected chi connectivity index (χ4v) is 2.17. The molecule has 1 N–H and O–H groups in total. The molecule has 1 heterocycles. The van der Waals surface area contributed by atoms with E-state index in [1.165, 1.54) is 0 Å². The molecule has 8 heteroatoms. The predicted molar refractivity (Wildman–Crippen MR) is 76.5 cm³/mol. The first kappa shape index (κ1) is 14.3. The Morgan fingerprint density at radius 3 is 2.50 bits per heavy atom. The van der Waals surface area contributed by atoms with Gasteiger partial charge in [-0.3, -0.25) is 4.79 Å². The van der Waals surface area contributed by atoms with Gasteiger partial charge in [-0.2, -0.15) is 0 Å². The number of aromatic nitrogens is 2. The molecule has 1 aromatic heterocycles. The number of halogens is 4.